The Balaban J connectivity index is 1.58. The molecule has 0 aliphatic carbocycles. The van der Waals surface area contributed by atoms with E-state index in [0.717, 1.165) is 5.56 Å². The number of nitrogens with one attached hydrogen (secondary N) is 2. The van der Waals surface area contributed by atoms with Crippen LogP contribution < -0.4 is 15.9 Å². The molecular formula is C24H30BN5O7. The number of esters is 1. The Morgan fingerprint density at radius 1 is 1.16 bits per heavy atom. The van der Waals surface area contributed by atoms with Crippen molar-refractivity contribution in [3.8, 4) is 0 Å². The van der Waals surface area contributed by atoms with Crippen molar-refractivity contribution >= 4 is 30.4 Å². The summed E-state index contributed by atoms with van der Waals surface area (Å²) in [5, 5.41) is 7.21. The molecule has 13 heteroatoms. The lowest BCUT2D eigenvalue weighted by Crippen LogP contribution is -3.08. The predicted octanol–water partition coefficient (Wildman–Crippen LogP) is -1.11. The molecule has 1 unspecified atom stereocenters. The van der Waals surface area contributed by atoms with Gasteiger partial charge in [-0.15, -0.1) is 0 Å². The van der Waals surface area contributed by atoms with Gasteiger partial charge in [-0.25, -0.2) is 9.78 Å². The molecule has 2 aliphatic heterocycles. The number of nitrogens with two attached hydrogens (primary N) is 1. The second kappa shape index (κ2) is 11.1. The Bertz CT molecular complexity index is 1150. The van der Waals surface area contributed by atoms with Gasteiger partial charge in [-0.05, 0) is 11.5 Å². The average Bonchev–Trinajstić information content (AvgIpc) is 3.44. The zero-order valence-electron chi connectivity index (χ0n) is 20.8. The van der Waals surface area contributed by atoms with E-state index in [9.17, 15) is 19.2 Å². The van der Waals surface area contributed by atoms with Crippen LogP contribution in [0.15, 0.2) is 48.9 Å². The van der Waals surface area contributed by atoms with Crippen molar-refractivity contribution < 1.29 is 38.5 Å². The van der Waals surface area contributed by atoms with Crippen LogP contribution in [0.1, 0.15) is 36.3 Å². The number of nitrogens with zero attached hydrogens (tertiary/aromatic N) is 2. The lowest BCUT2D eigenvalue weighted by molar-refractivity contribution is -0.569. The topological polar surface area (TPSA) is 162 Å². The fourth-order valence-electron chi connectivity index (χ4n) is 4.78. The Morgan fingerprint density at radius 2 is 1.92 bits per heavy atom. The first-order valence-corrected chi connectivity index (χ1v) is 12.1. The zero-order valence-corrected chi connectivity index (χ0v) is 20.8. The number of methoxy groups -OCH3 is 1. The molecule has 2 fully saturated rings. The van der Waals surface area contributed by atoms with Crippen molar-refractivity contribution in [2.24, 2.45) is 5.92 Å². The predicted molar refractivity (Wildman–Crippen MR) is 129 cm³/mol. The van der Waals surface area contributed by atoms with Crippen LogP contribution in [0.2, 0.25) is 0 Å². The number of carbonyl (C=O) groups excluding carboxylic acids is 4. The minimum Gasteiger partial charge on any atom is -0.612 e. The van der Waals surface area contributed by atoms with Gasteiger partial charge in [0.05, 0.1) is 13.3 Å². The summed E-state index contributed by atoms with van der Waals surface area (Å²) in [4.78, 5) is 59.1. The summed E-state index contributed by atoms with van der Waals surface area (Å²) in [7, 11) is 1.23. The van der Waals surface area contributed by atoms with E-state index in [1.54, 1.807) is 0 Å². The molecule has 12 nitrogen and oxygen atoms in total. The molecule has 4 N–H and O–H groups in total. The molecule has 1 aromatic heterocycles. The molecule has 2 saturated heterocycles. The fraction of sp³-hybridized carbons (Fsp3) is 0.417. The van der Waals surface area contributed by atoms with Gasteiger partial charge in [0.1, 0.15) is 11.7 Å². The second-order valence-electron chi connectivity index (χ2n) is 9.62. The minimum absolute atomic E-state index is 0.0656. The van der Waals surface area contributed by atoms with Crippen LogP contribution in [0.3, 0.4) is 0 Å². The smallest absolute Gasteiger partial charge is 0.547 e. The highest BCUT2D eigenvalue weighted by atomic mass is 16.7. The molecule has 3 heterocycles. The van der Waals surface area contributed by atoms with E-state index in [-0.39, 0.29) is 18.0 Å². The van der Waals surface area contributed by atoms with Gasteiger partial charge in [0, 0.05) is 24.8 Å². The van der Waals surface area contributed by atoms with Crippen molar-refractivity contribution in [3.05, 3.63) is 60.2 Å². The Morgan fingerprint density at radius 3 is 2.57 bits per heavy atom. The van der Waals surface area contributed by atoms with E-state index in [4.69, 9.17) is 14.0 Å². The first-order valence-electron chi connectivity index (χ1n) is 12.1. The highest BCUT2D eigenvalue weighted by Gasteiger charge is 2.66. The molecule has 37 heavy (non-hydrogen) atoms. The molecule has 2 amide bonds. The summed E-state index contributed by atoms with van der Waals surface area (Å²) in [6, 6.07) is 7.32. The number of hydrogen-bond acceptors (Lipinski definition) is 9. The largest absolute Gasteiger partial charge is 0.612 e. The maximum atomic E-state index is 13.6. The number of aromatic nitrogens is 2. The van der Waals surface area contributed by atoms with Crippen LogP contribution >= 0.6 is 0 Å². The molecule has 1 aromatic carbocycles. The quantitative estimate of drug-likeness (QED) is 0.265. The molecule has 2 aliphatic rings. The summed E-state index contributed by atoms with van der Waals surface area (Å²) in [6.07, 6.45) is 3.62. The number of amides is 2. The third-order valence-corrected chi connectivity index (χ3v) is 6.48. The van der Waals surface area contributed by atoms with Gasteiger partial charge >= 0.3 is 12.7 Å². The summed E-state index contributed by atoms with van der Waals surface area (Å²) in [5.74, 6) is -3.02. The Kier molecular flexibility index (Phi) is 7.84. The zero-order chi connectivity index (χ0) is 26.6. The summed E-state index contributed by atoms with van der Waals surface area (Å²) >= 11 is 0. The molecule has 4 rings (SSSR count). The number of ether oxygens (including phenoxy) is 1. The number of rotatable bonds is 10. The normalized spacial score (nSPS) is 23.7. The number of quaternary nitrogens is 1. The van der Waals surface area contributed by atoms with Crippen molar-refractivity contribution in [2.45, 2.75) is 50.8 Å². The fourth-order valence-corrected chi connectivity index (χ4v) is 4.78. The average molecular weight is 511 g/mol. The third kappa shape index (κ3) is 5.78. The lowest BCUT2D eigenvalue weighted by Gasteiger charge is -2.37. The van der Waals surface area contributed by atoms with E-state index < -0.39 is 54.6 Å². The van der Waals surface area contributed by atoms with Gasteiger partial charge in [0.25, 0.3) is 11.9 Å². The van der Waals surface area contributed by atoms with Crippen molar-refractivity contribution in [2.75, 3.05) is 7.11 Å². The van der Waals surface area contributed by atoms with Gasteiger partial charge in [-0.2, -0.15) is 0 Å². The number of fused-ring (bicyclic) bond motifs is 2. The van der Waals surface area contributed by atoms with Crippen LogP contribution in [0.4, 0.5) is 0 Å². The van der Waals surface area contributed by atoms with Crippen LogP contribution in [0.25, 0.3) is 0 Å². The van der Waals surface area contributed by atoms with E-state index in [2.05, 4.69) is 20.6 Å². The molecule has 196 valence electrons. The maximum Gasteiger partial charge on any atom is 0.547 e. The Hall–Kier alpha value is -3.84. The molecule has 2 aromatic rings. The van der Waals surface area contributed by atoms with E-state index >= 15 is 0 Å². The van der Waals surface area contributed by atoms with E-state index in [0.29, 0.717) is 6.42 Å². The van der Waals surface area contributed by atoms with Crippen LogP contribution in [0, 0.1) is 5.92 Å². The minimum atomic E-state index is -2.46. The lowest BCUT2D eigenvalue weighted by atomic mass is 9.60. The first-order chi connectivity index (χ1) is 17.7. The Labute approximate surface area is 213 Å². The van der Waals surface area contributed by atoms with E-state index in [1.165, 1.54) is 30.9 Å². The summed E-state index contributed by atoms with van der Waals surface area (Å²) in [6.45, 7) is 1.44. The van der Waals surface area contributed by atoms with Crippen molar-refractivity contribution in [1.29, 1.82) is 0 Å². The molecule has 0 spiro atoms. The van der Waals surface area contributed by atoms with Crippen molar-refractivity contribution in [3.63, 3.8) is 0 Å². The molecule has 5 atom stereocenters. The highest BCUT2D eigenvalue weighted by molar-refractivity contribution is 6.64. The van der Waals surface area contributed by atoms with Crippen LogP contribution in [-0.4, -0.2) is 71.6 Å². The molecule has 2 bridgehead atoms. The monoisotopic (exact) mass is 511 g/mol. The SMILES string of the molecule is COC(=O)[C@@H]1[NH2+][B-]2([C@H](CC(C)C)NC(=O)[C@H](Cc3ccccc3)NC(=O)c3cnccn3)OC(=O)[C@@H]1O2. The van der Waals surface area contributed by atoms with Crippen LogP contribution in [0.5, 0.6) is 0 Å². The first kappa shape index (κ1) is 26.2. The van der Waals surface area contributed by atoms with Crippen LogP contribution in [-0.2, 0) is 34.9 Å². The van der Waals surface area contributed by atoms with Crippen molar-refractivity contribution in [1.82, 2.24) is 20.6 Å². The summed E-state index contributed by atoms with van der Waals surface area (Å²) < 4.78 is 16.4. The number of hydrogen-bond donors (Lipinski definition) is 3. The second-order valence-corrected chi connectivity index (χ2v) is 9.62. The summed E-state index contributed by atoms with van der Waals surface area (Å²) in [5.41, 5.74) is 0.892. The van der Waals surface area contributed by atoms with Gasteiger partial charge in [-0.1, -0.05) is 50.6 Å². The molecule has 0 saturated carbocycles. The molecular weight excluding hydrogens is 481 g/mol. The highest BCUT2D eigenvalue weighted by Crippen LogP contribution is 2.28. The number of carbonyl (C=O) groups is 4. The number of benzene rings is 1. The molecule has 0 radical (unpaired) electrons. The van der Waals surface area contributed by atoms with Gasteiger partial charge < -0.3 is 29.9 Å². The third-order valence-electron chi connectivity index (χ3n) is 6.48. The van der Waals surface area contributed by atoms with E-state index in [1.807, 2.05) is 44.2 Å². The van der Waals surface area contributed by atoms with Gasteiger partial charge in [0.15, 0.2) is 12.1 Å². The van der Waals surface area contributed by atoms with Gasteiger partial charge in [0.2, 0.25) is 5.91 Å². The standard InChI is InChI=1S/C24H30BN5O7/c1-14(2)11-18(25-30-19(23(33)35-3)20(36-25)24(34)37-25)29-21(31)16(12-15-7-5-4-6-8-15)28-22(32)17-13-26-9-10-27-17/h4-10,13-14,16,18-20H,11-12,30H2,1-3H3,(H,28,32)(H,29,31)/t16-,18-,19+,20+,25?/m0/s1. The van der Waals surface area contributed by atoms with Gasteiger partial charge in [-0.3, -0.25) is 19.4 Å². The maximum absolute atomic E-state index is 13.6.